The average molecular weight is 185 g/mol. The molecule has 0 aromatic heterocycles. The van der Waals surface area contributed by atoms with Crippen molar-refractivity contribution in [3.05, 3.63) is 0 Å². The highest BCUT2D eigenvalue weighted by Crippen LogP contribution is 2.30. The minimum Gasteiger partial charge on any atom is -0.481 e. The summed E-state index contributed by atoms with van der Waals surface area (Å²) >= 11 is 0. The average Bonchev–Trinajstić information content (AvgIpc) is 2.16. The van der Waals surface area contributed by atoms with Gasteiger partial charge in [-0.2, -0.15) is 0 Å². The predicted octanol–water partition coefficient (Wildman–Crippen LogP) is 0.623. The molecule has 0 unspecified atom stereocenters. The number of carbonyl (C=O) groups excluding carboxylic acids is 1. The van der Waals surface area contributed by atoms with Crippen molar-refractivity contribution in [2.75, 3.05) is 7.05 Å². The molecule has 1 rings (SSSR count). The van der Waals surface area contributed by atoms with Crippen molar-refractivity contribution in [3.63, 3.8) is 0 Å². The summed E-state index contributed by atoms with van der Waals surface area (Å²) in [6.07, 6.45) is 3.22. The fourth-order valence-corrected chi connectivity index (χ4v) is 1.93. The van der Waals surface area contributed by atoms with Crippen molar-refractivity contribution >= 4 is 11.9 Å². The van der Waals surface area contributed by atoms with Crippen LogP contribution in [0, 0.1) is 11.8 Å². The van der Waals surface area contributed by atoms with Crippen molar-refractivity contribution in [1.29, 1.82) is 0 Å². The van der Waals surface area contributed by atoms with E-state index in [9.17, 15) is 9.59 Å². The first-order chi connectivity index (χ1) is 6.16. The molecule has 2 N–H and O–H groups in total. The number of hydrogen-bond donors (Lipinski definition) is 2. The number of hydrogen-bond acceptors (Lipinski definition) is 2. The first-order valence-corrected chi connectivity index (χ1v) is 4.61. The fourth-order valence-electron chi connectivity index (χ4n) is 1.93. The van der Waals surface area contributed by atoms with Crippen LogP contribution in [0.2, 0.25) is 0 Å². The summed E-state index contributed by atoms with van der Waals surface area (Å²) in [6, 6.07) is 0. The highest BCUT2D eigenvalue weighted by Gasteiger charge is 2.34. The summed E-state index contributed by atoms with van der Waals surface area (Å²) in [5, 5.41) is 11.4. The number of carboxylic acid groups (broad SMARTS) is 1. The number of carbonyl (C=O) groups is 2. The third kappa shape index (κ3) is 2.20. The van der Waals surface area contributed by atoms with Gasteiger partial charge in [-0.3, -0.25) is 9.59 Å². The number of carboxylic acids is 1. The maximum atomic E-state index is 11.3. The van der Waals surface area contributed by atoms with Crippen LogP contribution in [0.4, 0.5) is 0 Å². The number of rotatable bonds is 2. The maximum Gasteiger partial charge on any atom is 0.307 e. The molecule has 0 saturated heterocycles. The molecule has 1 saturated carbocycles. The van der Waals surface area contributed by atoms with E-state index in [1.54, 1.807) is 7.05 Å². The second kappa shape index (κ2) is 4.25. The van der Waals surface area contributed by atoms with Crippen LogP contribution in [0.3, 0.4) is 0 Å². The van der Waals surface area contributed by atoms with Gasteiger partial charge in [0.2, 0.25) is 5.91 Å². The van der Waals surface area contributed by atoms with Crippen LogP contribution >= 0.6 is 0 Å². The fraction of sp³-hybridized carbons (Fsp3) is 0.778. The Balaban J connectivity index is 2.67. The first-order valence-electron chi connectivity index (χ1n) is 4.61. The molecule has 0 radical (unpaired) electrons. The van der Waals surface area contributed by atoms with Gasteiger partial charge in [0.15, 0.2) is 0 Å². The van der Waals surface area contributed by atoms with Crippen LogP contribution in [-0.4, -0.2) is 24.0 Å². The van der Waals surface area contributed by atoms with E-state index in [0.717, 1.165) is 12.8 Å². The van der Waals surface area contributed by atoms with Crippen LogP contribution in [0.15, 0.2) is 0 Å². The van der Waals surface area contributed by atoms with Crippen LogP contribution in [0.5, 0.6) is 0 Å². The molecular weight excluding hydrogens is 170 g/mol. The van der Waals surface area contributed by atoms with Crippen LogP contribution in [-0.2, 0) is 9.59 Å². The van der Waals surface area contributed by atoms with Crippen molar-refractivity contribution in [3.8, 4) is 0 Å². The van der Waals surface area contributed by atoms with Gasteiger partial charge in [-0.05, 0) is 12.8 Å². The van der Waals surface area contributed by atoms with Gasteiger partial charge in [-0.25, -0.2) is 0 Å². The Morgan fingerprint density at radius 2 is 1.77 bits per heavy atom. The summed E-state index contributed by atoms with van der Waals surface area (Å²) in [5.74, 6) is -1.77. The quantitative estimate of drug-likeness (QED) is 0.662. The van der Waals surface area contributed by atoms with Gasteiger partial charge in [-0.15, -0.1) is 0 Å². The summed E-state index contributed by atoms with van der Waals surface area (Å²) in [7, 11) is 1.55. The Kier molecular flexibility index (Phi) is 3.28. The lowest BCUT2D eigenvalue weighted by atomic mass is 9.79. The van der Waals surface area contributed by atoms with E-state index < -0.39 is 11.9 Å². The molecule has 4 nitrogen and oxygen atoms in total. The van der Waals surface area contributed by atoms with E-state index in [4.69, 9.17) is 5.11 Å². The lowest BCUT2D eigenvalue weighted by molar-refractivity contribution is -0.148. The summed E-state index contributed by atoms with van der Waals surface area (Å²) in [4.78, 5) is 22.1. The zero-order valence-corrected chi connectivity index (χ0v) is 7.75. The SMILES string of the molecule is CNC(=O)[C@H]1CCCC[C@H]1C(=O)O. The van der Waals surface area contributed by atoms with Crippen molar-refractivity contribution in [1.82, 2.24) is 5.32 Å². The van der Waals surface area contributed by atoms with Gasteiger partial charge in [0.05, 0.1) is 11.8 Å². The number of aliphatic carboxylic acids is 1. The van der Waals surface area contributed by atoms with E-state index >= 15 is 0 Å². The summed E-state index contributed by atoms with van der Waals surface area (Å²) in [6.45, 7) is 0. The standard InChI is InChI=1S/C9H15NO3/c1-10-8(11)6-4-2-3-5-7(6)9(12)13/h6-7H,2-5H2,1H3,(H,10,11)(H,12,13)/t6-,7+/m0/s1. The van der Waals surface area contributed by atoms with Crippen LogP contribution < -0.4 is 5.32 Å². The molecule has 0 aliphatic heterocycles. The van der Waals surface area contributed by atoms with E-state index in [2.05, 4.69) is 5.32 Å². The molecular formula is C9H15NO3. The molecule has 0 heterocycles. The monoisotopic (exact) mass is 185 g/mol. The Morgan fingerprint density at radius 1 is 1.23 bits per heavy atom. The molecule has 13 heavy (non-hydrogen) atoms. The molecule has 74 valence electrons. The van der Waals surface area contributed by atoms with Gasteiger partial charge in [0, 0.05) is 7.05 Å². The van der Waals surface area contributed by atoms with E-state index in [-0.39, 0.29) is 11.8 Å². The normalized spacial score (nSPS) is 28.1. The Morgan fingerprint density at radius 3 is 2.23 bits per heavy atom. The van der Waals surface area contributed by atoms with E-state index in [1.807, 2.05) is 0 Å². The number of amides is 1. The Labute approximate surface area is 77.3 Å². The van der Waals surface area contributed by atoms with Gasteiger partial charge in [0.25, 0.3) is 0 Å². The van der Waals surface area contributed by atoms with Gasteiger partial charge in [0.1, 0.15) is 0 Å². The van der Waals surface area contributed by atoms with E-state index in [0.29, 0.717) is 12.8 Å². The molecule has 1 fully saturated rings. The second-order valence-corrected chi connectivity index (χ2v) is 3.45. The van der Waals surface area contributed by atoms with Crippen molar-refractivity contribution in [2.24, 2.45) is 11.8 Å². The van der Waals surface area contributed by atoms with Crippen molar-refractivity contribution in [2.45, 2.75) is 25.7 Å². The summed E-state index contributed by atoms with van der Waals surface area (Å²) < 4.78 is 0. The third-order valence-corrected chi connectivity index (χ3v) is 2.67. The highest BCUT2D eigenvalue weighted by atomic mass is 16.4. The molecule has 0 bridgehead atoms. The molecule has 1 aliphatic carbocycles. The van der Waals surface area contributed by atoms with Crippen LogP contribution in [0.25, 0.3) is 0 Å². The Bertz CT molecular complexity index is 215. The second-order valence-electron chi connectivity index (χ2n) is 3.45. The van der Waals surface area contributed by atoms with Crippen molar-refractivity contribution < 1.29 is 14.7 Å². The smallest absolute Gasteiger partial charge is 0.307 e. The third-order valence-electron chi connectivity index (χ3n) is 2.67. The predicted molar refractivity (Wildman–Crippen MR) is 47.2 cm³/mol. The number of nitrogens with one attached hydrogen (secondary N) is 1. The molecule has 0 aromatic carbocycles. The van der Waals surface area contributed by atoms with Gasteiger partial charge < -0.3 is 10.4 Å². The maximum absolute atomic E-state index is 11.3. The Hall–Kier alpha value is -1.06. The summed E-state index contributed by atoms with van der Waals surface area (Å²) in [5.41, 5.74) is 0. The minimum absolute atomic E-state index is 0.132. The van der Waals surface area contributed by atoms with Gasteiger partial charge >= 0.3 is 5.97 Å². The first kappa shape index (κ1) is 10.0. The molecule has 4 heteroatoms. The van der Waals surface area contributed by atoms with Gasteiger partial charge in [-0.1, -0.05) is 12.8 Å². The topological polar surface area (TPSA) is 66.4 Å². The lowest BCUT2D eigenvalue weighted by Crippen LogP contribution is -2.38. The lowest BCUT2D eigenvalue weighted by Gasteiger charge is -2.26. The van der Waals surface area contributed by atoms with Crippen LogP contribution in [0.1, 0.15) is 25.7 Å². The molecule has 2 atom stereocenters. The minimum atomic E-state index is -0.840. The van der Waals surface area contributed by atoms with E-state index in [1.165, 1.54) is 0 Å². The molecule has 0 aromatic rings. The molecule has 1 amide bonds. The zero-order valence-electron chi connectivity index (χ0n) is 7.75. The molecule has 0 spiro atoms. The largest absolute Gasteiger partial charge is 0.481 e. The zero-order chi connectivity index (χ0) is 9.84. The molecule has 1 aliphatic rings. The highest BCUT2D eigenvalue weighted by molar-refractivity contribution is 5.84.